The zero-order valence-electron chi connectivity index (χ0n) is 16.7. The van der Waals surface area contributed by atoms with Gasteiger partial charge >= 0.3 is 11.9 Å². The summed E-state index contributed by atoms with van der Waals surface area (Å²) in [6, 6.07) is 8.52. The Morgan fingerprint density at radius 2 is 1.86 bits per heavy atom. The standard InChI is InChI=1S/C21H22N2O5S/c1-12(2)28-20(25)14(4)23-11-22-18-16(19(23)24)13(3)17(29-18)21(26)27-10-15-8-6-5-7-9-15/h5-9,11-12,14H,10H2,1-4H3. The normalized spacial score (nSPS) is 12.2. The zero-order valence-corrected chi connectivity index (χ0v) is 17.5. The van der Waals surface area contributed by atoms with Crippen LogP contribution in [0.1, 0.15) is 47.6 Å². The van der Waals surface area contributed by atoms with Crippen molar-refractivity contribution >= 4 is 33.5 Å². The maximum absolute atomic E-state index is 13.0. The van der Waals surface area contributed by atoms with Gasteiger partial charge in [0, 0.05) is 0 Å². The van der Waals surface area contributed by atoms with Crippen molar-refractivity contribution in [3.8, 4) is 0 Å². The van der Waals surface area contributed by atoms with E-state index in [1.165, 1.54) is 10.9 Å². The molecule has 1 atom stereocenters. The van der Waals surface area contributed by atoms with Crippen molar-refractivity contribution in [1.29, 1.82) is 0 Å². The Bertz CT molecular complexity index is 1100. The predicted molar refractivity (Wildman–Crippen MR) is 110 cm³/mol. The van der Waals surface area contributed by atoms with E-state index >= 15 is 0 Å². The number of ether oxygens (including phenoxy) is 2. The summed E-state index contributed by atoms with van der Waals surface area (Å²) in [5, 5.41) is 0.313. The highest BCUT2D eigenvalue weighted by atomic mass is 32.1. The van der Waals surface area contributed by atoms with Crippen LogP contribution in [0.25, 0.3) is 10.2 Å². The Hall–Kier alpha value is -3.00. The summed E-state index contributed by atoms with van der Waals surface area (Å²) in [7, 11) is 0. The molecule has 1 unspecified atom stereocenters. The van der Waals surface area contributed by atoms with Crippen molar-refractivity contribution < 1.29 is 19.1 Å². The highest BCUT2D eigenvalue weighted by Gasteiger charge is 2.24. The van der Waals surface area contributed by atoms with Crippen molar-refractivity contribution in [3.63, 3.8) is 0 Å². The maximum Gasteiger partial charge on any atom is 0.349 e. The lowest BCUT2D eigenvalue weighted by atomic mass is 10.2. The molecule has 0 spiro atoms. The van der Waals surface area contributed by atoms with E-state index in [1.54, 1.807) is 27.7 Å². The lowest BCUT2D eigenvalue weighted by molar-refractivity contribution is -0.151. The van der Waals surface area contributed by atoms with Crippen molar-refractivity contribution in [2.45, 2.75) is 46.4 Å². The Balaban J connectivity index is 1.89. The fraction of sp³-hybridized carbons (Fsp3) is 0.333. The van der Waals surface area contributed by atoms with Crippen molar-refractivity contribution in [2.75, 3.05) is 0 Å². The summed E-state index contributed by atoms with van der Waals surface area (Å²) in [6.07, 6.45) is 1.03. The van der Waals surface area contributed by atoms with Crippen LogP contribution in [0, 0.1) is 6.92 Å². The molecule has 0 bridgehead atoms. The highest BCUT2D eigenvalue weighted by molar-refractivity contribution is 7.20. The second-order valence-electron chi connectivity index (χ2n) is 6.92. The summed E-state index contributed by atoms with van der Waals surface area (Å²) in [4.78, 5) is 42.7. The first kappa shape index (κ1) is 20.7. The van der Waals surface area contributed by atoms with Gasteiger partial charge in [-0.15, -0.1) is 11.3 Å². The molecule has 8 heteroatoms. The van der Waals surface area contributed by atoms with Gasteiger partial charge in [0.15, 0.2) is 0 Å². The molecule has 2 aromatic heterocycles. The third kappa shape index (κ3) is 4.37. The minimum Gasteiger partial charge on any atom is -0.461 e. The molecular formula is C21H22N2O5S. The minimum atomic E-state index is -0.824. The van der Waals surface area contributed by atoms with E-state index in [-0.39, 0.29) is 18.3 Å². The predicted octanol–water partition coefficient (Wildman–Crippen LogP) is 3.64. The largest absolute Gasteiger partial charge is 0.461 e. The molecule has 0 aliphatic rings. The molecular weight excluding hydrogens is 392 g/mol. The average molecular weight is 414 g/mol. The molecule has 0 fully saturated rings. The number of rotatable bonds is 6. The fourth-order valence-corrected chi connectivity index (χ4v) is 3.87. The topological polar surface area (TPSA) is 87.5 Å². The Morgan fingerprint density at radius 3 is 2.52 bits per heavy atom. The first-order valence-electron chi connectivity index (χ1n) is 9.21. The van der Waals surface area contributed by atoms with Gasteiger partial charge in [-0.2, -0.15) is 0 Å². The lowest BCUT2D eigenvalue weighted by Gasteiger charge is -2.15. The number of carbonyl (C=O) groups is 2. The zero-order chi connectivity index (χ0) is 21.1. The lowest BCUT2D eigenvalue weighted by Crippen LogP contribution is -2.30. The van der Waals surface area contributed by atoms with Gasteiger partial charge in [-0.25, -0.2) is 14.6 Å². The monoisotopic (exact) mass is 414 g/mol. The molecule has 3 rings (SSSR count). The van der Waals surface area contributed by atoms with Crippen LogP contribution in [0.5, 0.6) is 0 Å². The van der Waals surface area contributed by atoms with Crippen LogP contribution in [-0.2, 0) is 20.9 Å². The molecule has 2 heterocycles. The number of hydrogen-bond acceptors (Lipinski definition) is 7. The van der Waals surface area contributed by atoms with Crippen LogP contribution in [0.2, 0.25) is 0 Å². The Kier molecular flexibility index (Phi) is 6.12. The van der Waals surface area contributed by atoms with Gasteiger partial charge in [0.05, 0.1) is 17.8 Å². The molecule has 0 aliphatic carbocycles. The third-order valence-corrected chi connectivity index (χ3v) is 5.56. The van der Waals surface area contributed by atoms with Crippen LogP contribution in [-0.4, -0.2) is 27.6 Å². The van der Waals surface area contributed by atoms with E-state index < -0.39 is 18.0 Å². The van der Waals surface area contributed by atoms with E-state index in [0.717, 1.165) is 16.9 Å². The number of benzene rings is 1. The number of hydrogen-bond donors (Lipinski definition) is 0. The van der Waals surface area contributed by atoms with Crippen LogP contribution in [0.4, 0.5) is 0 Å². The van der Waals surface area contributed by atoms with Gasteiger partial charge < -0.3 is 9.47 Å². The summed E-state index contributed by atoms with van der Waals surface area (Å²) in [6.45, 7) is 6.89. The first-order valence-corrected chi connectivity index (χ1v) is 10.0. The summed E-state index contributed by atoms with van der Waals surface area (Å²) >= 11 is 1.11. The smallest absolute Gasteiger partial charge is 0.349 e. The second kappa shape index (κ2) is 8.57. The van der Waals surface area contributed by atoms with Gasteiger partial charge in [-0.3, -0.25) is 9.36 Å². The number of aromatic nitrogens is 2. The van der Waals surface area contributed by atoms with E-state index in [1.807, 2.05) is 30.3 Å². The van der Waals surface area contributed by atoms with Gasteiger partial charge in [0.25, 0.3) is 5.56 Å². The van der Waals surface area contributed by atoms with E-state index in [4.69, 9.17) is 9.47 Å². The first-order chi connectivity index (χ1) is 13.8. The van der Waals surface area contributed by atoms with Gasteiger partial charge in [0.1, 0.15) is 22.4 Å². The SMILES string of the molecule is Cc1c(C(=O)OCc2ccccc2)sc2ncn(C(C)C(=O)OC(C)C)c(=O)c12. The van der Waals surface area contributed by atoms with Crippen molar-refractivity contribution in [3.05, 3.63) is 63.0 Å². The number of thiophene rings is 1. The summed E-state index contributed by atoms with van der Waals surface area (Å²) < 4.78 is 11.8. The van der Waals surface area contributed by atoms with Gasteiger partial charge in [0.2, 0.25) is 0 Å². The number of fused-ring (bicyclic) bond motifs is 1. The van der Waals surface area contributed by atoms with E-state index in [2.05, 4.69) is 4.98 Å². The molecule has 3 aromatic rings. The molecule has 7 nitrogen and oxygen atoms in total. The molecule has 0 N–H and O–H groups in total. The molecule has 152 valence electrons. The average Bonchev–Trinajstić information content (AvgIpc) is 3.03. The number of esters is 2. The van der Waals surface area contributed by atoms with Crippen LogP contribution in [0.3, 0.4) is 0 Å². The Labute approximate surface area is 171 Å². The molecule has 0 saturated heterocycles. The summed E-state index contributed by atoms with van der Waals surface area (Å²) in [5.74, 6) is -1.02. The van der Waals surface area contributed by atoms with Crippen molar-refractivity contribution in [2.24, 2.45) is 0 Å². The van der Waals surface area contributed by atoms with Crippen LogP contribution >= 0.6 is 11.3 Å². The molecule has 0 aliphatic heterocycles. The fourth-order valence-electron chi connectivity index (χ4n) is 2.84. The molecule has 0 amide bonds. The Morgan fingerprint density at radius 1 is 1.17 bits per heavy atom. The van der Waals surface area contributed by atoms with Crippen molar-refractivity contribution in [1.82, 2.24) is 9.55 Å². The molecule has 0 saturated carbocycles. The second-order valence-corrected chi connectivity index (χ2v) is 7.92. The molecule has 0 radical (unpaired) electrons. The van der Waals surface area contributed by atoms with Gasteiger partial charge in [-0.05, 0) is 38.8 Å². The van der Waals surface area contributed by atoms with Crippen LogP contribution in [0.15, 0.2) is 41.5 Å². The minimum absolute atomic E-state index is 0.142. The van der Waals surface area contributed by atoms with E-state index in [0.29, 0.717) is 20.7 Å². The highest BCUT2D eigenvalue weighted by Crippen LogP contribution is 2.28. The van der Waals surface area contributed by atoms with Gasteiger partial charge in [-0.1, -0.05) is 30.3 Å². The summed E-state index contributed by atoms with van der Waals surface area (Å²) in [5.41, 5.74) is 0.982. The third-order valence-electron chi connectivity index (χ3n) is 4.38. The number of nitrogens with zero attached hydrogens (tertiary/aromatic N) is 2. The number of aryl methyl sites for hydroxylation is 1. The molecule has 1 aromatic carbocycles. The number of carbonyl (C=O) groups excluding carboxylic acids is 2. The quantitative estimate of drug-likeness (QED) is 0.573. The van der Waals surface area contributed by atoms with Crippen LogP contribution < -0.4 is 5.56 Å². The van der Waals surface area contributed by atoms with E-state index in [9.17, 15) is 14.4 Å². The maximum atomic E-state index is 13.0. The molecule has 29 heavy (non-hydrogen) atoms.